The molecule has 0 aliphatic rings. The molecule has 0 aromatic carbocycles. The van der Waals surface area contributed by atoms with Crippen LogP contribution in [0.25, 0.3) is 0 Å². The predicted molar refractivity (Wildman–Crippen MR) is 38.2 cm³/mol. The van der Waals surface area contributed by atoms with Crippen LogP contribution in [0, 0.1) is 0 Å². The van der Waals surface area contributed by atoms with E-state index in [1.807, 2.05) is 0 Å². The SMILES string of the molecule is O.O.O.O=C(O)C(F)(F)F.O=C(O)C(F)(F)F. The van der Waals surface area contributed by atoms with E-state index in [1.54, 1.807) is 0 Å². The van der Waals surface area contributed by atoms with Crippen molar-refractivity contribution in [1.29, 1.82) is 0 Å². The van der Waals surface area contributed by atoms with Gasteiger partial charge in [-0.3, -0.25) is 0 Å². The van der Waals surface area contributed by atoms with Gasteiger partial charge >= 0.3 is 24.3 Å². The van der Waals surface area contributed by atoms with E-state index in [4.69, 9.17) is 19.8 Å². The Kier molecular flexibility index (Phi) is 16.7. The number of halogens is 6. The zero-order chi connectivity index (χ0) is 12.2. The smallest absolute Gasteiger partial charge is 0.475 e. The van der Waals surface area contributed by atoms with Crippen molar-refractivity contribution in [3.05, 3.63) is 0 Å². The topological polar surface area (TPSA) is 169 Å². The van der Waals surface area contributed by atoms with E-state index < -0.39 is 24.3 Å². The molecule has 0 bridgehead atoms. The van der Waals surface area contributed by atoms with E-state index in [-0.39, 0.29) is 16.4 Å². The zero-order valence-electron chi connectivity index (χ0n) is 7.48. The van der Waals surface area contributed by atoms with Gasteiger partial charge in [0.2, 0.25) is 0 Å². The number of rotatable bonds is 0. The van der Waals surface area contributed by atoms with Crippen molar-refractivity contribution in [2.24, 2.45) is 0 Å². The summed E-state index contributed by atoms with van der Waals surface area (Å²) < 4.78 is 63.5. The fourth-order valence-corrected chi connectivity index (χ4v) is 0. The summed E-state index contributed by atoms with van der Waals surface area (Å²) >= 11 is 0. The van der Waals surface area contributed by atoms with Crippen molar-refractivity contribution in [2.75, 3.05) is 0 Å². The van der Waals surface area contributed by atoms with Gasteiger partial charge in [0.25, 0.3) is 0 Å². The molecule has 0 aromatic rings. The summed E-state index contributed by atoms with van der Waals surface area (Å²) in [6.45, 7) is 0. The number of carboxylic acids is 2. The molecule has 0 aromatic heterocycles. The van der Waals surface area contributed by atoms with Gasteiger partial charge in [-0.15, -0.1) is 0 Å². The summed E-state index contributed by atoms with van der Waals surface area (Å²) in [5.74, 6) is -5.51. The summed E-state index contributed by atoms with van der Waals surface area (Å²) in [5.41, 5.74) is 0. The second kappa shape index (κ2) is 9.61. The lowest BCUT2D eigenvalue weighted by atomic mass is 10.7. The highest BCUT2D eigenvalue weighted by atomic mass is 19.4. The van der Waals surface area contributed by atoms with Crippen molar-refractivity contribution in [3.8, 4) is 0 Å². The molecule has 13 heteroatoms. The summed E-state index contributed by atoms with van der Waals surface area (Å²) in [5, 5.41) is 14.2. The summed E-state index contributed by atoms with van der Waals surface area (Å²) in [4.78, 5) is 17.8. The van der Waals surface area contributed by atoms with E-state index in [0.717, 1.165) is 0 Å². The van der Waals surface area contributed by atoms with Crippen LogP contribution < -0.4 is 0 Å². The van der Waals surface area contributed by atoms with Gasteiger partial charge in [-0.05, 0) is 0 Å². The third-order valence-electron chi connectivity index (χ3n) is 0.485. The Morgan fingerprint density at radius 3 is 0.706 bits per heavy atom. The molecule has 0 rings (SSSR count). The maximum Gasteiger partial charge on any atom is 0.490 e. The Morgan fingerprint density at radius 2 is 0.706 bits per heavy atom. The van der Waals surface area contributed by atoms with E-state index >= 15 is 0 Å². The standard InChI is InChI=1S/2C2HF3O2.3H2O/c2*3-2(4,5)1(6)7;;;/h2*(H,6,7);3*1H2. The largest absolute Gasteiger partial charge is 0.490 e. The molecule has 0 radical (unpaired) electrons. The van der Waals surface area contributed by atoms with Crippen LogP contribution in [0.5, 0.6) is 0 Å². The highest BCUT2D eigenvalue weighted by Gasteiger charge is 2.38. The zero-order valence-corrected chi connectivity index (χ0v) is 7.48. The Hall–Kier alpha value is -1.60. The lowest BCUT2D eigenvalue weighted by Gasteiger charge is -1.93. The van der Waals surface area contributed by atoms with Gasteiger partial charge in [0.05, 0.1) is 0 Å². The molecule has 0 atom stereocenters. The van der Waals surface area contributed by atoms with Crippen LogP contribution in [0.4, 0.5) is 26.3 Å². The normalized spacial score (nSPS) is 9.29. The lowest BCUT2D eigenvalue weighted by Crippen LogP contribution is -2.21. The molecule has 0 saturated heterocycles. The average Bonchev–Trinajstić information content (AvgIpc) is 1.83. The molecule has 0 unspecified atom stereocenters. The van der Waals surface area contributed by atoms with Crippen LogP contribution in [-0.2, 0) is 9.59 Å². The van der Waals surface area contributed by atoms with Gasteiger partial charge in [-0.25, -0.2) is 9.59 Å². The van der Waals surface area contributed by atoms with Gasteiger partial charge in [0.15, 0.2) is 0 Å². The molecule has 8 N–H and O–H groups in total. The van der Waals surface area contributed by atoms with Crippen molar-refractivity contribution < 1.29 is 62.6 Å². The van der Waals surface area contributed by atoms with Crippen LogP contribution in [0.15, 0.2) is 0 Å². The Balaban J connectivity index is -0.0000000480. The minimum absolute atomic E-state index is 0. The highest BCUT2D eigenvalue weighted by molar-refractivity contribution is 5.73. The van der Waals surface area contributed by atoms with Crippen LogP contribution in [0.3, 0.4) is 0 Å². The summed E-state index contributed by atoms with van der Waals surface area (Å²) in [6.07, 6.45) is -10.2. The molecule has 0 aliphatic carbocycles. The minimum atomic E-state index is -5.08. The first kappa shape index (κ1) is 29.5. The second-order valence-corrected chi connectivity index (χ2v) is 1.61. The van der Waals surface area contributed by atoms with Crippen molar-refractivity contribution in [3.63, 3.8) is 0 Å². The third kappa shape index (κ3) is 20.5. The molecule has 0 amide bonds. The Bertz CT molecular complexity index is 195. The molecular formula is C4H8F6O7. The van der Waals surface area contributed by atoms with Crippen molar-refractivity contribution >= 4 is 11.9 Å². The Labute approximate surface area is 88.2 Å². The molecule has 0 spiro atoms. The van der Waals surface area contributed by atoms with Gasteiger partial charge < -0.3 is 26.6 Å². The number of hydrogen-bond donors (Lipinski definition) is 2. The van der Waals surface area contributed by atoms with Crippen LogP contribution in [0.2, 0.25) is 0 Å². The van der Waals surface area contributed by atoms with Crippen LogP contribution in [-0.4, -0.2) is 50.9 Å². The van der Waals surface area contributed by atoms with Gasteiger partial charge in [0, 0.05) is 0 Å². The number of aliphatic carboxylic acids is 2. The first-order valence-corrected chi connectivity index (χ1v) is 2.49. The molecule has 0 fully saturated rings. The van der Waals surface area contributed by atoms with E-state index in [1.165, 1.54) is 0 Å². The van der Waals surface area contributed by atoms with Gasteiger partial charge in [0.1, 0.15) is 0 Å². The van der Waals surface area contributed by atoms with Crippen LogP contribution in [0.1, 0.15) is 0 Å². The molecule has 7 nitrogen and oxygen atoms in total. The first-order chi connectivity index (χ1) is 5.89. The van der Waals surface area contributed by atoms with Crippen molar-refractivity contribution in [2.45, 2.75) is 12.4 Å². The maximum atomic E-state index is 10.6. The molecular weight excluding hydrogens is 274 g/mol. The van der Waals surface area contributed by atoms with E-state index in [2.05, 4.69) is 0 Å². The number of carbonyl (C=O) groups is 2. The number of carboxylic acid groups (broad SMARTS) is 2. The van der Waals surface area contributed by atoms with E-state index in [9.17, 15) is 26.3 Å². The highest BCUT2D eigenvalue weighted by Crippen LogP contribution is 2.13. The van der Waals surface area contributed by atoms with E-state index in [0.29, 0.717) is 0 Å². The summed E-state index contributed by atoms with van der Waals surface area (Å²) in [7, 11) is 0. The maximum absolute atomic E-state index is 10.6. The molecule has 108 valence electrons. The van der Waals surface area contributed by atoms with Gasteiger partial charge in [-0.2, -0.15) is 26.3 Å². The fourth-order valence-electron chi connectivity index (χ4n) is 0. The monoisotopic (exact) mass is 282 g/mol. The molecule has 0 heterocycles. The first-order valence-electron chi connectivity index (χ1n) is 2.49. The lowest BCUT2D eigenvalue weighted by molar-refractivity contribution is -0.193. The third-order valence-corrected chi connectivity index (χ3v) is 0.485. The summed E-state index contributed by atoms with van der Waals surface area (Å²) in [6, 6.07) is 0. The minimum Gasteiger partial charge on any atom is -0.475 e. The quantitative estimate of drug-likeness (QED) is 0.531. The molecule has 0 saturated carbocycles. The molecule has 0 aliphatic heterocycles. The predicted octanol–water partition coefficient (Wildman–Crippen LogP) is -1.21. The average molecular weight is 282 g/mol. The van der Waals surface area contributed by atoms with Crippen LogP contribution >= 0.6 is 0 Å². The van der Waals surface area contributed by atoms with Gasteiger partial charge in [-0.1, -0.05) is 0 Å². The number of alkyl halides is 6. The fraction of sp³-hybridized carbons (Fsp3) is 0.500. The second-order valence-electron chi connectivity index (χ2n) is 1.61. The van der Waals surface area contributed by atoms with Crippen molar-refractivity contribution in [1.82, 2.24) is 0 Å². The molecule has 17 heavy (non-hydrogen) atoms. The number of hydrogen-bond acceptors (Lipinski definition) is 2. The Morgan fingerprint density at radius 1 is 0.647 bits per heavy atom.